The maximum Gasteiger partial charge on any atom is 0.302 e. The Morgan fingerprint density at radius 1 is 0.944 bits per heavy atom. The molecular formula is C16H28O2. The van der Waals surface area contributed by atoms with Crippen LogP contribution in [0.4, 0.5) is 0 Å². The molecule has 0 N–H and O–H groups in total. The van der Waals surface area contributed by atoms with Gasteiger partial charge in [0.15, 0.2) is 0 Å². The van der Waals surface area contributed by atoms with Crippen molar-refractivity contribution in [3.8, 4) is 0 Å². The van der Waals surface area contributed by atoms with Crippen molar-refractivity contribution >= 4 is 5.97 Å². The predicted molar refractivity (Wildman–Crippen MR) is 77.5 cm³/mol. The Kier molecular flexibility index (Phi) is 13.2. The molecule has 2 heteroatoms. The zero-order chi connectivity index (χ0) is 13.5. The van der Waals surface area contributed by atoms with E-state index in [-0.39, 0.29) is 5.97 Å². The molecule has 0 aromatic rings. The van der Waals surface area contributed by atoms with Gasteiger partial charge in [-0.1, -0.05) is 50.0 Å². The fraction of sp³-hybridized carbons (Fsp3) is 0.688. The van der Waals surface area contributed by atoms with Crippen molar-refractivity contribution in [1.29, 1.82) is 0 Å². The summed E-state index contributed by atoms with van der Waals surface area (Å²) in [5.41, 5.74) is 0. The molecule has 2 nitrogen and oxygen atoms in total. The minimum Gasteiger partial charge on any atom is -0.466 e. The van der Waals surface area contributed by atoms with E-state index in [0.29, 0.717) is 6.61 Å². The Morgan fingerprint density at radius 2 is 1.61 bits per heavy atom. The smallest absolute Gasteiger partial charge is 0.302 e. The minimum atomic E-state index is -0.167. The Morgan fingerprint density at radius 3 is 2.28 bits per heavy atom. The van der Waals surface area contributed by atoms with Crippen molar-refractivity contribution in [3.05, 3.63) is 24.3 Å². The minimum absolute atomic E-state index is 0.167. The summed E-state index contributed by atoms with van der Waals surface area (Å²) in [6, 6.07) is 0. The van der Waals surface area contributed by atoms with Gasteiger partial charge in [0.2, 0.25) is 0 Å². The highest BCUT2D eigenvalue weighted by Crippen LogP contribution is 2.08. The first-order chi connectivity index (χ1) is 8.77. The molecule has 0 aromatic heterocycles. The number of esters is 1. The monoisotopic (exact) mass is 252 g/mol. The van der Waals surface area contributed by atoms with Crippen LogP contribution in [0.25, 0.3) is 0 Å². The maximum atomic E-state index is 10.5. The largest absolute Gasteiger partial charge is 0.466 e. The highest BCUT2D eigenvalue weighted by atomic mass is 16.5. The molecule has 0 bridgehead atoms. The van der Waals surface area contributed by atoms with Crippen molar-refractivity contribution in [2.75, 3.05) is 6.61 Å². The molecule has 0 amide bonds. The molecule has 0 spiro atoms. The third kappa shape index (κ3) is 14.9. The van der Waals surface area contributed by atoms with Gasteiger partial charge in [0.25, 0.3) is 0 Å². The lowest BCUT2D eigenvalue weighted by Crippen LogP contribution is -1.99. The Balaban J connectivity index is 3.07. The van der Waals surface area contributed by atoms with Crippen LogP contribution in [-0.2, 0) is 9.53 Å². The molecule has 0 aliphatic rings. The Labute approximate surface area is 112 Å². The van der Waals surface area contributed by atoms with E-state index in [1.54, 1.807) is 0 Å². The molecule has 0 rings (SSSR count). The number of hydrogen-bond donors (Lipinski definition) is 0. The summed E-state index contributed by atoms with van der Waals surface area (Å²) in [7, 11) is 0. The van der Waals surface area contributed by atoms with Crippen LogP contribution >= 0.6 is 0 Å². The second-order valence-electron chi connectivity index (χ2n) is 4.53. The van der Waals surface area contributed by atoms with Crippen molar-refractivity contribution in [2.24, 2.45) is 0 Å². The first-order valence-electron chi connectivity index (χ1n) is 7.17. The number of unbranched alkanes of at least 4 members (excludes halogenated alkanes) is 6. The summed E-state index contributed by atoms with van der Waals surface area (Å²) < 4.78 is 4.88. The first-order valence-corrected chi connectivity index (χ1v) is 7.17. The second-order valence-corrected chi connectivity index (χ2v) is 4.53. The SMILES string of the molecule is CC=CC/C=C/CCCCCCCCOC(C)=O. The van der Waals surface area contributed by atoms with E-state index in [4.69, 9.17) is 4.74 Å². The number of ether oxygens (including phenoxy) is 1. The normalized spacial score (nSPS) is 11.4. The number of carbonyl (C=O) groups excluding carboxylic acids is 1. The van der Waals surface area contributed by atoms with Crippen LogP contribution in [0.1, 0.15) is 65.2 Å². The van der Waals surface area contributed by atoms with Crippen LogP contribution in [0.5, 0.6) is 0 Å². The van der Waals surface area contributed by atoms with Gasteiger partial charge in [0, 0.05) is 6.92 Å². The van der Waals surface area contributed by atoms with Crippen LogP contribution in [0.2, 0.25) is 0 Å². The van der Waals surface area contributed by atoms with Crippen molar-refractivity contribution in [2.45, 2.75) is 65.2 Å². The number of carbonyl (C=O) groups is 1. The summed E-state index contributed by atoms with van der Waals surface area (Å²) in [5.74, 6) is -0.167. The van der Waals surface area contributed by atoms with E-state index < -0.39 is 0 Å². The Hall–Kier alpha value is -1.05. The van der Waals surface area contributed by atoms with Crippen LogP contribution in [-0.4, -0.2) is 12.6 Å². The van der Waals surface area contributed by atoms with E-state index >= 15 is 0 Å². The zero-order valence-electron chi connectivity index (χ0n) is 12.0. The van der Waals surface area contributed by atoms with Gasteiger partial charge in [-0.25, -0.2) is 0 Å². The van der Waals surface area contributed by atoms with Gasteiger partial charge in [0.1, 0.15) is 0 Å². The van der Waals surface area contributed by atoms with Gasteiger partial charge in [-0.15, -0.1) is 0 Å². The van der Waals surface area contributed by atoms with Crippen LogP contribution in [0.15, 0.2) is 24.3 Å². The van der Waals surface area contributed by atoms with Gasteiger partial charge in [-0.05, 0) is 32.6 Å². The summed E-state index contributed by atoms with van der Waals surface area (Å²) in [6.07, 6.45) is 18.3. The molecule has 18 heavy (non-hydrogen) atoms. The van der Waals surface area contributed by atoms with Crippen LogP contribution < -0.4 is 0 Å². The fourth-order valence-electron chi connectivity index (χ4n) is 1.72. The van der Waals surface area contributed by atoms with E-state index in [1.807, 2.05) is 0 Å². The van der Waals surface area contributed by atoms with Gasteiger partial charge in [0.05, 0.1) is 6.61 Å². The van der Waals surface area contributed by atoms with E-state index in [2.05, 4.69) is 31.2 Å². The molecule has 0 heterocycles. The second kappa shape index (κ2) is 14.0. The third-order valence-electron chi connectivity index (χ3n) is 2.74. The van der Waals surface area contributed by atoms with Crippen molar-refractivity contribution in [1.82, 2.24) is 0 Å². The van der Waals surface area contributed by atoms with Gasteiger partial charge >= 0.3 is 5.97 Å². The summed E-state index contributed by atoms with van der Waals surface area (Å²) in [6.45, 7) is 4.10. The third-order valence-corrected chi connectivity index (χ3v) is 2.74. The molecule has 0 fully saturated rings. The lowest BCUT2D eigenvalue weighted by molar-refractivity contribution is -0.141. The van der Waals surface area contributed by atoms with E-state index in [1.165, 1.54) is 45.4 Å². The molecular weight excluding hydrogens is 224 g/mol. The van der Waals surface area contributed by atoms with Gasteiger partial charge in [-0.2, -0.15) is 0 Å². The molecule has 0 aliphatic carbocycles. The van der Waals surface area contributed by atoms with Crippen LogP contribution in [0, 0.1) is 0 Å². The molecule has 0 radical (unpaired) electrons. The van der Waals surface area contributed by atoms with E-state index in [0.717, 1.165) is 12.8 Å². The maximum absolute atomic E-state index is 10.5. The summed E-state index contributed by atoms with van der Waals surface area (Å²) in [4.78, 5) is 10.5. The number of rotatable bonds is 11. The molecule has 0 unspecified atom stereocenters. The van der Waals surface area contributed by atoms with Gasteiger partial charge in [-0.3, -0.25) is 4.79 Å². The van der Waals surface area contributed by atoms with Gasteiger partial charge < -0.3 is 4.74 Å². The molecule has 0 aromatic carbocycles. The molecule has 0 atom stereocenters. The fourth-order valence-corrected chi connectivity index (χ4v) is 1.72. The topological polar surface area (TPSA) is 26.3 Å². The summed E-state index contributed by atoms with van der Waals surface area (Å²) >= 11 is 0. The standard InChI is InChI=1S/C16H28O2/c1-3-4-5-6-7-8-9-10-11-12-13-14-15-18-16(2)17/h3-4,6-7H,5,8-15H2,1-2H3/b4-3?,7-6+. The van der Waals surface area contributed by atoms with Crippen molar-refractivity contribution < 1.29 is 9.53 Å². The first kappa shape index (κ1) is 16.9. The highest BCUT2D eigenvalue weighted by molar-refractivity contribution is 5.65. The van der Waals surface area contributed by atoms with Crippen LogP contribution in [0.3, 0.4) is 0 Å². The average Bonchev–Trinajstić information content (AvgIpc) is 2.34. The number of hydrogen-bond acceptors (Lipinski definition) is 2. The average molecular weight is 252 g/mol. The lowest BCUT2D eigenvalue weighted by atomic mass is 10.1. The highest BCUT2D eigenvalue weighted by Gasteiger charge is 1.93. The lowest BCUT2D eigenvalue weighted by Gasteiger charge is -2.01. The number of allylic oxidation sites excluding steroid dienone is 4. The molecule has 0 saturated carbocycles. The van der Waals surface area contributed by atoms with Crippen molar-refractivity contribution in [3.63, 3.8) is 0 Å². The predicted octanol–water partition coefficient (Wildman–Crippen LogP) is 4.80. The quantitative estimate of drug-likeness (QED) is 0.300. The Bertz CT molecular complexity index is 241. The molecule has 104 valence electrons. The molecule has 0 aliphatic heterocycles. The summed E-state index contributed by atoms with van der Waals surface area (Å²) in [5, 5.41) is 0. The molecule has 0 saturated heterocycles. The zero-order valence-corrected chi connectivity index (χ0v) is 12.0. The van der Waals surface area contributed by atoms with E-state index in [9.17, 15) is 4.79 Å².